The Bertz CT molecular complexity index is 1070. The average molecular weight is 405 g/mol. The predicted octanol–water partition coefficient (Wildman–Crippen LogP) is 2.62. The van der Waals surface area contributed by atoms with Crippen molar-refractivity contribution >= 4 is 17.6 Å². The highest BCUT2D eigenvalue weighted by atomic mass is 16.5. The SMILES string of the molecule is CN(C)c1cccc(C(=O)O)c1.COc1cncc(C#Cc2cc(C)nc(N)n2)c1. The van der Waals surface area contributed by atoms with E-state index in [2.05, 4.69) is 26.8 Å². The van der Waals surface area contributed by atoms with E-state index in [-0.39, 0.29) is 5.95 Å². The van der Waals surface area contributed by atoms with E-state index in [9.17, 15) is 4.79 Å². The first-order valence-electron chi connectivity index (χ1n) is 8.91. The van der Waals surface area contributed by atoms with E-state index in [4.69, 9.17) is 15.6 Å². The Morgan fingerprint density at radius 1 is 1.13 bits per heavy atom. The van der Waals surface area contributed by atoms with Gasteiger partial charge in [0.05, 0.1) is 18.9 Å². The van der Waals surface area contributed by atoms with E-state index >= 15 is 0 Å². The fourth-order valence-corrected chi connectivity index (χ4v) is 2.31. The molecular formula is C22H23N5O3. The van der Waals surface area contributed by atoms with Gasteiger partial charge < -0.3 is 20.5 Å². The van der Waals surface area contributed by atoms with Gasteiger partial charge in [-0.2, -0.15) is 0 Å². The first kappa shape index (κ1) is 22.2. The van der Waals surface area contributed by atoms with Crippen LogP contribution in [0.3, 0.4) is 0 Å². The molecule has 3 N–H and O–H groups in total. The molecule has 0 bridgehead atoms. The molecule has 2 heterocycles. The summed E-state index contributed by atoms with van der Waals surface area (Å²) in [6, 6.07) is 10.4. The number of hydrogen-bond acceptors (Lipinski definition) is 7. The third-order valence-corrected chi connectivity index (χ3v) is 3.76. The van der Waals surface area contributed by atoms with E-state index in [1.165, 1.54) is 0 Å². The van der Waals surface area contributed by atoms with Crippen molar-refractivity contribution in [2.75, 3.05) is 31.8 Å². The maximum absolute atomic E-state index is 10.6. The van der Waals surface area contributed by atoms with Gasteiger partial charge in [0.25, 0.3) is 0 Å². The second kappa shape index (κ2) is 10.4. The Hall–Kier alpha value is -4.12. The number of aromatic nitrogens is 3. The van der Waals surface area contributed by atoms with E-state index in [0.29, 0.717) is 17.0 Å². The molecule has 154 valence electrons. The van der Waals surface area contributed by atoms with Crippen molar-refractivity contribution < 1.29 is 14.6 Å². The van der Waals surface area contributed by atoms with Gasteiger partial charge in [0.15, 0.2) is 0 Å². The van der Waals surface area contributed by atoms with Crippen molar-refractivity contribution in [2.45, 2.75) is 6.92 Å². The fraction of sp³-hybridized carbons (Fsp3) is 0.182. The monoisotopic (exact) mass is 405 g/mol. The van der Waals surface area contributed by atoms with Gasteiger partial charge in [-0.05, 0) is 43.2 Å². The average Bonchev–Trinajstić information content (AvgIpc) is 2.72. The van der Waals surface area contributed by atoms with Gasteiger partial charge >= 0.3 is 5.97 Å². The molecule has 2 aromatic heterocycles. The molecule has 0 aliphatic carbocycles. The van der Waals surface area contributed by atoms with Gasteiger partial charge in [-0.25, -0.2) is 14.8 Å². The molecule has 0 saturated heterocycles. The number of rotatable bonds is 3. The number of aromatic carboxylic acids is 1. The van der Waals surface area contributed by atoms with Crippen LogP contribution in [0.5, 0.6) is 5.75 Å². The minimum absolute atomic E-state index is 0.225. The molecule has 8 nitrogen and oxygen atoms in total. The van der Waals surface area contributed by atoms with Gasteiger partial charge in [-0.3, -0.25) is 4.98 Å². The van der Waals surface area contributed by atoms with Gasteiger partial charge in [0.2, 0.25) is 5.95 Å². The molecule has 0 aliphatic heterocycles. The second-order valence-corrected chi connectivity index (χ2v) is 6.37. The second-order valence-electron chi connectivity index (χ2n) is 6.37. The van der Waals surface area contributed by atoms with Crippen LogP contribution in [-0.4, -0.2) is 47.2 Å². The molecule has 0 radical (unpaired) electrons. The number of aryl methyl sites for hydroxylation is 1. The summed E-state index contributed by atoms with van der Waals surface area (Å²) in [5.41, 5.74) is 8.90. The summed E-state index contributed by atoms with van der Waals surface area (Å²) >= 11 is 0. The summed E-state index contributed by atoms with van der Waals surface area (Å²) < 4.78 is 5.07. The molecular weight excluding hydrogens is 382 g/mol. The van der Waals surface area contributed by atoms with Gasteiger partial charge in [0, 0.05) is 37.2 Å². The number of carbonyl (C=O) groups is 1. The Morgan fingerprint density at radius 3 is 2.53 bits per heavy atom. The molecule has 30 heavy (non-hydrogen) atoms. The number of hydrogen-bond donors (Lipinski definition) is 2. The number of ether oxygens (including phenoxy) is 1. The third-order valence-electron chi connectivity index (χ3n) is 3.76. The van der Waals surface area contributed by atoms with Crippen molar-refractivity contribution in [3.63, 3.8) is 0 Å². The molecule has 3 aromatic rings. The fourth-order valence-electron chi connectivity index (χ4n) is 2.31. The van der Waals surface area contributed by atoms with Crippen molar-refractivity contribution in [1.82, 2.24) is 15.0 Å². The Morgan fingerprint density at radius 2 is 1.90 bits per heavy atom. The molecule has 0 unspecified atom stereocenters. The van der Waals surface area contributed by atoms with Crippen molar-refractivity contribution in [3.05, 3.63) is 71.3 Å². The zero-order chi connectivity index (χ0) is 22.1. The minimum Gasteiger partial charge on any atom is -0.495 e. The Labute approximate surface area is 175 Å². The largest absolute Gasteiger partial charge is 0.495 e. The third kappa shape index (κ3) is 6.80. The molecule has 0 amide bonds. The van der Waals surface area contributed by atoms with Crippen LogP contribution in [0.1, 0.15) is 27.3 Å². The number of anilines is 2. The quantitative estimate of drug-likeness (QED) is 0.639. The molecule has 3 rings (SSSR count). The van der Waals surface area contributed by atoms with Crippen molar-refractivity contribution in [1.29, 1.82) is 0 Å². The smallest absolute Gasteiger partial charge is 0.335 e. The van der Waals surface area contributed by atoms with Gasteiger partial charge in [-0.1, -0.05) is 12.0 Å². The van der Waals surface area contributed by atoms with Crippen LogP contribution in [-0.2, 0) is 0 Å². The normalized spacial score (nSPS) is 9.47. The number of carboxylic acid groups (broad SMARTS) is 1. The van der Waals surface area contributed by atoms with Crippen molar-refractivity contribution in [2.24, 2.45) is 0 Å². The van der Waals surface area contributed by atoms with Crippen molar-refractivity contribution in [3.8, 4) is 17.6 Å². The summed E-state index contributed by atoms with van der Waals surface area (Å²) in [4.78, 5) is 24.5. The first-order chi connectivity index (χ1) is 14.3. The molecule has 8 heteroatoms. The molecule has 0 atom stereocenters. The summed E-state index contributed by atoms with van der Waals surface area (Å²) in [7, 11) is 5.34. The van der Waals surface area contributed by atoms with Crippen LogP contribution in [0.4, 0.5) is 11.6 Å². The minimum atomic E-state index is -0.890. The van der Waals surface area contributed by atoms with Crippen LogP contribution in [0, 0.1) is 18.8 Å². The highest BCUT2D eigenvalue weighted by Crippen LogP contribution is 2.13. The highest BCUT2D eigenvalue weighted by Gasteiger charge is 2.03. The summed E-state index contributed by atoms with van der Waals surface area (Å²) in [5, 5.41) is 8.67. The molecule has 0 aliphatic rings. The van der Waals surface area contributed by atoms with E-state index in [1.807, 2.05) is 32.0 Å². The number of benzene rings is 1. The predicted molar refractivity (Wildman–Crippen MR) is 116 cm³/mol. The first-order valence-corrected chi connectivity index (χ1v) is 8.91. The zero-order valence-electron chi connectivity index (χ0n) is 17.2. The Balaban J connectivity index is 0.000000232. The number of pyridine rings is 1. The molecule has 0 spiro atoms. The number of nitrogens with zero attached hydrogens (tertiary/aromatic N) is 4. The lowest BCUT2D eigenvalue weighted by Crippen LogP contribution is -2.09. The van der Waals surface area contributed by atoms with E-state index in [1.54, 1.807) is 49.8 Å². The standard InChI is InChI=1S/C13H12N4O.C9H11NO2/c1-9-5-11(17-13(14)16-9)4-3-10-6-12(18-2)8-15-7-10;1-10(2)8-5-3-4-7(6-8)9(11)12/h5-8H,1-2H3,(H2,14,16,17);3-6H,1-2H3,(H,11,12). The van der Waals surface area contributed by atoms with Crippen LogP contribution < -0.4 is 15.4 Å². The van der Waals surface area contributed by atoms with E-state index < -0.39 is 5.97 Å². The zero-order valence-corrected chi connectivity index (χ0v) is 17.2. The summed E-state index contributed by atoms with van der Waals surface area (Å²) in [5.74, 6) is 5.87. The Kier molecular flexibility index (Phi) is 7.71. The number of carboxylic acids is 1. The van der Waals surface area contributed by atoms with Crippen LogP contribution >= 0.6 is 0 Å². The molecule has 0 saturated carbocycles. The highest BCUT2D eigenvalue weighted by molar-refractivity contribution is 5.88. The maximum Gasteiger partial charge on any atom is 0.335 e. The molecule has 0 fully saturated rings. The molecule has 1 aromatic carbocycles. The summed E-state index contributed by atoms with van der Waals surface area (Å²) in [6.07, 6.45) is 3.28. The summed E-state index contributed by atoms with van der Waals surface area (Å²) in [6.45, 7) is 1.84. The van der Waals surface area contributed by atoms with Crippen LogP contribution in [0.25, 0.3) is 0 Å². The van der Waals surface area contributed by atoms with Crippen LogP contribution in [0.15, 0.2) is 48.8 Å². The van der Waals surface area contributed by atoms with Gasteiger partial charge in [0.1, 0.15) is 11.4 Å². The lowest BCUT2D eigenvalue weighted by Gasteiger charge is -2.12. The lowest BCUT2D eigenvalue weighted by atomic mass is 10.2. The van der Waals surface area contributed by atoms with E-state index in [0.717, 1.165) is 16.9 Å². The van der Waals surface area contributed by atoms with Gasteiger partial charge in [-0.15, -0.1) is 0 Å². The number of nitrogens with two attached hydrogens (primary N) is 1. The maximum atomic E-state index is 10.6. The number of nitrogen functional groups attached to an aromatic ring is 1. The topological polar surface area (TPSA) is 114 Å². The van der Waals surface area contributed by atoms with Crippen LogP contribution in [0.2, 0.25) is 0 Å². The lowest BCUT2D eigenvalue weighted by molar-refractivity contribution is 0.0697. The number of methoxy groups -OCH3 is 1.